The van der Waals surface area contributed by atoms with Crippen LogP contribution in [0.15, 0.2) is 45.6 Å². The highest BCUT2D eigenvalue weighted by molar-refractivity contribution is 7.99. The molecule has 1 saturated carbocycles. The first-order chi connectivity index (χ1) is 12.7. The van der Waals surface area contributed by atoms with Crippen molar-refractivity contribution >= 4 is 21.8 Å². The van der Waals surface area contributed by atoms with Gasteiger partial charge in [0, 0.05) is 22.3 Å². The van der Waals surface area contributed by atoms with Crippen molar-refractivity contribution in [2.24, 2.45) is 5.14 Å². The Kier molecular flexibility index (Phi) is 5.53. The summed E-state index contributed by atoms with van der Waals surface area (Å²) in [6.45, 7) is 1.88. The minimum absolute atomic E-state index is 0.175. The van der Waals surface area contributed by atoms with Crippen molar-refractivity contribution in [2.45, 2.75) is 54.3 Å². The number of primary sulfonamides is 1. The zero-order valence-corrected chi connectivity index (χ0v) is 16.6. The lowest BCUT2D eigenvalue weighted by Crippen LogP contribution is -2.63. The largest absolute Gasteiger partial charge is 0.468 e. The molecule has 1 fully saturated rings. The molecule has 0 saturated heterocycles. The second kappa shape index (κ2) is 7.42. The standard InChI is InChI=1S/C17H23N3O5S2/c1-13-15(6-10-25-13)26-12-16(7-2-3-8-16)19-17(27(18,23)24)9-4-5-14(11-17)20(21)22/h4-6,9-10,19H,2-3,7-8,11-12H2,1H3,(H2,18,23,24). The van der Waals surface area contributed by atoms with Gasteiger partial charge in [-0.25, -0.2) is 13.6 Å². The number of hydrogen-bond donors (Lipinski definition) is 2. The fourth-order valence-corrected chi connectivity index (χ4v) is 5.90. The number of nitrogens with two attached hydrogens (primary N) is 1. The molecule has 2 aliphatic carbocycles. The smallest absolute Gasteiger partial charge is 0.249 e. The predicted octanol–water partition coefficient (Wildman–Crippen LogP) is 2.69. The molecule has 148 valence electrons. The van der Waals surface area contributed by atoms with E-state index >= 15 is 0 Å². The molecule has 0 bridgehead atoms. The minimum atomic E-state index is -4.13. The lowest BCUT2D eigenvalue weighted by molar-refractivity contribution is -0.428. The van der Waals surface area contributed by atoms with E-state index in [9.17, 15) is 18.5 Å². The van der Waals surface area contributed by atoms with Crippen molar-refractivity contribution in [1.82, 2.24) is 5.32 Å². The Bertz CT molecular complexity index is 884. The van der Waals surface area contributed by atoms with Gasteiger partial charge < -0.3 is 4.42 Å². The van der Waals surface area contributed by atoms with Crippen LogP contribution >= 0.6 is 11.8 Å². The van der Waals surface area contributed by atoms with E-state index in [2.05, 4.69) is 5.32 Å². The molecular formula is C17H23N3O5S2. The van der Waals surface area contributed by atoms with Gasteiger partial charge in [0.25, 0.3) is 0 Å². The van der Waals surface area contributed by atoms with Gasteiger partial charge in [-0.2, -0.15) is 0 Å². The molecule has 3 rings (SSSR count). The Morgan fingerprint density at radius 2 is 2.11 bits per heavy atom. The Labute approximate surface area is 162 Å². The van der Waals surface area contributed by atoms with Crippen molar-refractivity contribution in [3.05, 3.63) is 52.1 Å². The zero-order chi connectivity index (χ0) is 19.7. The minimum Gasteiger partial charge on any atom is -0.468 e. The first-order valence-electron chi connectivity index (χ1n) is 8.68. The van der Waals surface area contributed by atoms with Crippen LogP contribution < -0.4 is 10.5 Å². The summed E-state index contributed by atoms with van der Waals surface area (Å²) in [5, 5.41) is 20.0. The third-order valence-corrected chi connectivity index (χ3v) is 8.02. The zero-order valence-electron chi connectivity index (χ0n) is 15.0. The topological polar surface area (TPSA) is 128 Å². The van der Waals surface area contributed by atoms with Crippen molar-refractivity contribution in [1.29, 1.82) is 0 Å². The highest BCUT2D eigenvalue weighted by Gasteiger charge is 2.50. The van der Waals surface area contributed by atoms with Crippen molar-refractivity contribution in [3.63, 3.8) is 0 Å². The maximum absolute atomic E-state index is 12.5. The first kappa shape index (κ1) is 20.1. The SMILES string of the molecule is Cc1occc1SCC1(NC2(S(N)(=O)=O)C=CC=C([N+](=O)[O-])C2)CCCC1. The summed E-state index contributed by atoms with van der Waals surface area (Å²) in [6.07, 6.45) is 8.94. The number of hydrogen-bond acceptors (Lipinski definition) is 7. The van der Waals surface area contributed by atoms with E-state index in [1.807, 2.05) is 13.0 Å². The third-order valence-electron chi connectivity index (χ3n) is 5.19. The predicted molar refractivity (Wildman–Crippen MR) is 103 cm³/mol. The number of thioether (sulfide) groups is 1. The van der Waals surface area contributed by atoms with E-state index in [0.29, 0.717) is 5.75 Å². The average molecular weight is 414 g/mol. The van der Waals surface area contributed by atoms with Crippen molar-refractivity contribution in [2.75, 3.05) is 5.75 Å². The number of allylic oxidation sites excluding steroid dienone is 2. The lowest BCUT2D eigenvalue weighted by atomic mass is 9.95. The van der Waals surface area contributed by atoms with Crippen LogP contribution in [0.25, 0.3) is 0 Å². The highest BCUT2D eigenvalue weighted by atomic mass is 32.2. The average Bonchev–Trinajstić information content (AvgIpc) is 3.22. The van der Waals surface area contributed by atoms with Crippen LogP contribution in [0.4, 0.5) is 0 Å². The van der Waals surface area contributed by atoms with Gasteiger partial charge in [-0.15, -0.1) is 11.8 Å². The van der Waals surface area contributed by atoms with E-state index in [0.717, 1.165) is 36.3 Å². The van der Waals surface area contributed by atoms with Crippen LogP contribution in [-0.4, -0.2) is 29.5 Å². The molecule has 1 aromatic rings. The molecule has 0 radical (unpaired) electrons. The van der Waals surface area contributed by atoms with Gasteiger partial charge >= 0.3 is 0 Å². The second-order valence-electron chi connectivity index (χ2n) is 7.13. The second-order valence-corrected chi connectivity index (χ2v) is 9.96. The molecule has 8 nitrogen and oxygen atoms in total. The quantitative estimate of drug-likeness (QED) is 0.399. The molecule has 1 unspecified atom stereocenters. The molecule has 3 N–H and O–H groups in total. The molecule has 2 aliphatic rings. The Morgan fingerprint density at radius 3 is 2.67 bits per heavy atom. The molecule has 0 amide bonds. The number of rotatable bonds is 7. The molecule has 1 aromatic heterocycles. The maximum Gasteiger partial charge on any atom is 0.249 e. The molecule has 0 spiro atoms. The molecule has 1 atom stereocenters. The van der Waals surface area contributed by atoms with Gasteiger partial charge in [-0.1, -0.05) is 18.9 Å². The summed E-state index contributed by atoms with van der Waals surface area (Å²) in [7, 11) is -4.13. The molecule has 0 aliphatic heterocycles. The van der Waals surface area contributed by atoms with Gasteiger partial charge in [0.15, 0.2) is 4.87 Å². The van der Waals surface area contributed by atoms with Gasteiger partial charge in [0.2, 0.25) is 15.7 Å². The van der Waals surface area contributed by atoms with Crippen LogP contribution in [-0.2, 0) is 10.0 Å². The van der Waals surface area contributed by atoms with Crippen LogP contribution in [0, 0.1) is 17.0 Å². The first-order valence-corrected chi connectivity index (χ1v) is 11.2. The van der Waals surface area contributed by atoms with Crippen molar-refractivity contribution in [3.8, 4) is 0 Å². The van der Waals surface area contributed by atoms with E-state index in [1.165, 1.54) is 18.2 Å². The van der Waals surface area contributed by atoms with Gasteiger partial charge in [-0.05, 0) is 31.9 Å². The summed E-state index contributed by atoms with van der Waals surface area (Å²) >= 11 is 1.59. The van der Waals surface area contributed by atoms with Gasteiger partial charge in [-0.3, -0.25) is 15.4 Å². The Morgan fingerprint density at radius 1 is 1.41 bits per heavy atom. The van der Waals surface area contributed by atoms with Crippen molar-refractivity contribution < 1.29 is 17.8 Å². The van der Waals surface area contributed by atoms with E-state index < -0.39 is 25.4 Å². The third kappa shape index (κ3) is 4.13. The van der Waals surface area contributed by atoms with Crippen LogP contribution in [0.2, 0.25) is 0 Å². The highest BCUT2D eigenvalue weighted by Crippen LogP contribution is 2.40. The fraction of sp³-hybridized carbons (Fsp3) is 0.529. The number of sulfonamides is 1. The Hall–Kier alpha value is -1.62. The molecule has 27 heavy (non-hydrogen) atoms. The summed E-state index contributed by atoms with van der Waals surface area (Å²) < 4.78 is 30.3. The molecule has 1 heterocycles. The van der Waals surface area contributed by atoms with E-state index in [-0.39, 0.29) is 12.1 Å². The number of nitro groups is 1. The van der Waals surface area contributed by atoms with E-state index in [4.69, 9.17) is 9.56 Å². The summed E-state index contributed by atoms with van der Waals surface area (Å²) in [6, 6.07) is 1.88. The molecule has 0 aromatic carbocycles. The molecular weight excluding hydrogens is 390 g/mol. The fourth-order valence-electron chi connectivity index (χ4n) is 3.72. The number of nitrogens with one attached hydrogen (secondary N) is 1. The maximum atomic E-state index is 12.5. The lowest BCUT2D eigenvalue weighted by Gasteiger charge is -2.40. The number of furan rings is 1. The van der Waals surface area contributed by atoms with Crippen LogP contribution in [0.3, 0.4) is 0 Å². The van der Waals surface area contributed by atoms with Crippen LogP contribution in [0.5, 0.6) is 0 Å². The van der Waals surface area contributed by atoms with E-state index in [1.54, 1.807) is 18.0 Å². The number of aryl methyl sites for hydroxylation is 1. The summed E-state index contributed by atoms with van der Waals surface area (Å²) in [4.78, 5) is 9.99. The number of nitrogens with zero attached hydrogens (tertiary/aromatic N) is 1. The van der Waals surface area contributed by atoms with Gasteiger partial charge in [0.1, 0.15) is 5.76 Å². The summed E-state index contributed by atoms with van der Waals surface area (Å²) in [5.74, 6) is 1.43. The normalized spacial score (nSPS) is 24.7. The van der Waals surface area contributed by atoms with Crippen LogP contribution in [0.1, 0.15) is 37.9 Å². The Balaban J connectivity index is 1.88. The van der Waals surface area contributed by atoms with Gasteiger partial charge in [0.05, 0.1) is 17.6 Å². The monoisotopic (exact) mass is 413 g/mol. The summed E-state index contributed by atoms with van der Waals surface area (Å²) in [5.41, 5.74) is -0.657. The molecule has 10 heteroatoms.